The van der Waals surface area contributed by atoms with E-state index in [4.69, 9.17) is 4.74 Å². The first-order valence-electron chi connectivity index (χ1n) is 10.0. The molecule has 1 atom stereocenters. The Kier molecular flexibility index (Phi) is 6.08. The number of nitrogens with one attached hydrogen (secondary N) is 1. The van der Waals surface area contributed by atoms with E-state index in [1.54, 1.807) is 10.9 Å². The maximum absolute atomic E-state index is 12.4. The lowest BCUT2D eigenvalue weighted by molar-refractivity contribution is -0.139. The number of ether oxygens (including phenoxy) is 1. The van der Waals surface area contributed by atoms with Crippen molar-refractivity contribution >= 4 is 28.0 Å². The first kappa shape index (κ1) is 21.1. The molecule has 2 N–H and O–H groups in total. The third-order valence-corrected chi connectivity index (χ3v) is 6.10. The van der Waals surface area contributed by atoms with E-state index >= 15 is 0 Å². The van der Waals surface area contributed by atoms with Crippen molar-refractivity contribution < 1.29 is 19.4 Å². The number of amides is 1. The lowest BCUT2D eigenvalue weighted by atomic mass is 9.98. The maximum atomic E-state index is 12.4. The van der Waals surface area contributed by atoms with Crippen LogP contribution in [0.1, 0.15) is 29.7 Å². The van der Waals surface area contributed by atoms with Gasteiger partial charge in [0, 0.05) is 25.1 Å². The fourth-order valence-corrected chi connectivity index (χ4v) is 4.39. The quantitative estimate of drug-likeness (QED) is 0.525. The molecule has 7 nitrogen and oxygen atoms in total. The molecular formula is C23H22BrN3O4. The van der Waals surface area contributed by atoms with E-state index in [0.29, 0.717) is 16.7 Å². The molecule has 1 heterocycles. The first-order valence-corrected chi connectivity index (χ1v) is 10.8. The highest BCUT2D eigenvalue weighted by Gasteiger charge is 2.30. The van der Waals surface area contributed by atoms with Gasteiger partial charge in [-0.25, -0.2) is 9.59 Å². The monoisotopic (exact) mass is 483 g/mol. The number of carboxylic acid groups (broad SMARTS) is 1. The number of aromatic nitrogens is 2. The third kappa shape index (κ3) is 4.34. The molecule has 1 unspecified atom stereocenters. The van der Waals surface area contributed by atoms with Gasteiger partial charge >= 0.3 is 12.1 Å². The largest absolute Gasteiger partial charge is 0.480 e. The molecule has 4 rings (SSSR count). The topological polar surface area (TPSA) is 93.5 Å². The Hall–Kier alpha value is -3.13. The van der Waals surface area contributed by atoms with Crippen LogP contribution >= 0.6 is 15.9 Å². The van der Waals surface area contributed by atoms with Gasteiger partial charge in [0.2, 0.25) is 0 Å². The molecule has 0 bridgehead atoms. The van der Waals surface area contributed by atoms with Gasteiger partial charge in [-0.1, -0.05) is 48.5 Å². The highest BCUT2D eigenvalue weighted by molar-refractivity contribution is 9.10. The normalized spacial score (nSPS) is 13.4. The van der Waals surface area contributed by atoms with Crippen LogP contribution in [0.15, 0.2) is 59.2 Å². The summed E-state index contributed by atoms with van der Waals surface area (Å²) in [6.07, 6.45) is 1.06. The van der Waals surface area contributed by atoms with Gasteiger partial charge in [-0.05, 0) is 45.1 Å². The Morgan fingerprint density at radius 2 is 1.77 bits per heavy atom. The van der Waals surface area contributed by atoms with E-state index in [1.165, 1.54) is 0 Å². The van der Waals surface area contributed by atoms with E-state index in [1.807, 2.05) is 43.3 Å². The summed E-state index contributed by atoms with van der Waals surface area (Å²) in [6, 6.07) is 14.9. The molecule has 0 fully saturated rings. The standard InChI is InChI=1S/C23H22BrN3O4/c1-2-27-12-19(24)20(26-27)11-21(22(28)29)25-23(30)31-13-18-16-9-5-3-7-14(16)15-8-4-6-10-17(15)18/h3-10,12,18,21H,2,11,13H2,1H3,(H,25,30)(H,28,29). The van der Waals surface area contributed by atoms with E-state index in [2.05, 4.69) is 38.5 Å². The Labute approximate surface area is 188 Å². The van der Waals surface area contributed by atoms with Crippen LogP contribution in [0.5, 0.6) is 0 Å². The molecule has 0 spiro atoms. The Morgan fingerprint density at radius 1 is 1.16 bits per heavy atom. The zero-order valence-electron chi connectivity index (χ0n) is 16.9. The summed E-state index contributed by atoms with van der Waals surface area (Å²) in [5, 5.41) is 16.3. The summed E-state index contributed by atoms with van der Waals surface area (Å²) in [6.45, 7) is 2.73. The Morgan fingerprint density at radius 3 is 2.32 bits per heavy atom. The molecule has 2 aromatic carbocycles. The summed E-state index contributed by atoms with van der Waals surface area (Å²) >= 11 is 3.39. The van der Waals surface area contributed by atoms with E-state index in [0.717, 1.165) is 22.3 Å². The SMILES string of the molecule is CCn1cc(Br)c(CC(NC(=O)OCC2c3ccccc3-c3ccccc32)C(=O)O)n1. The number of nitrogens with zero attached hydrogens (tertiary/aromatic N) is 2. The predicted molar refractivity (Wildman–Crippen MR) is 119 cm³/mol. The zero-order valence-corrected chi connectivity index (χ0v) is 18.5. The smallest absolute Gasteiger partial charge is 0.407 e. The molecule has 1 aromatic heterocycles. The summed E-state index contributed by atoms with van der Waals surface area (Å²) in [7, 11) is 0. The van der Waals surface area contributed by atoms with Gasteiger partial charge in [-0.15, -0.1) is 0 Å². The number of alkyl carbamates (subject to hydrolysis) is 1. The van der Waals surface area contributed by atoms with Crippen LogP contribution in [-0.4, -0.2) is 39.6 Å². The number of aliphatic carboxylic acids is 1. The van der Waals surface area contributed by atoms with Crippen molar-refractivity contribution in [2.45, 2.75) is 31.8 Å². The van der Waals surface area contributed by atoms with Gasteiger partial charge in [0.1, 0.15) is 12.6 Å². The number of hydrogen-bond donors (Lipinski definition) is 2. The minimum atomic E-state index is -1.15. The second kappa shape index (κ2) is 8.93. The number of carbonyl (C=O) groups excluding carboxylic acids is 1. The maximum Gasteiger partial charge on any atom is 0.407 e. The van der Waals surface area contributed by atoms with Crippen molar-refractivity contribution in [2.75, 3.05) is 6.61 Å². The van der Waals surface area contributed by atoms with Crippen LogP contribution in [0, 0.1) is 0 Å². The van der Waals surface area contributed by atoms with E-state index < -0.39 is 18.1 Å². The summed E-state index contributed by atoms with van der Waals surface area (Å²) < 4.78 is 7.87. The molecule has 1 aliphatic rings. The lowest BCUT2D eigenvalue weighted by Gasteiger charge is -2.17. The summed E-state index contributed by atoms with van der Waals surface area (Å²) in [4.78, 5) is 24.1. The molecule has 3 aromatic rings. The number of benzene rings is 2. The summed E-state index contributed by atoms with van der Waals surface area (Å²) in [5.41, 5.74) is 5.02. The zero-order chi connectivity index (χ0) is 22.0. The molecule has 31 heavy (non-hydrogen) atoms. The van der Waals surface area contributed by atoms with Gasteiger partial charge < -0.3 is 15.2 Å². The van der Waals surface area contributed by atoms with Crippen LogP contribution in [0.4, 0.5) is 4.79 Å². The lowest BCUT2D eigenvalue weighted by Crippen LogP contribution is -2.43. The highest BCUT2D eigenvalue weighted by Crippen LogP contribution is 2.44. The van der Waals surface area contributed by atoms with Gasteiger partial charge in [-0.2, -0.15) is 5.10 Å². The molecule has 8 heteroatoms. The average Bonchev–Trinajstić information content (AvgIpc) is 3.29. The molecule has 0 aliphatic heterocycles. The van der Waals surface area contributed by atoms with Crippen LogP contribution in [0.25, 0.3) is 11.1 Å². The highest BCUT2D eigenvalue weighted by atomic mass is 79.9. The number of fused-ring (bicyclic) bond motifs is 3. The molecule has 0 saturated carbocycles. The fourth-order valence-electron chi connectivity index (χ4n) is 3.91. The number of aryl methyl sites for hydroxylation is 1. The fraction of sp³-hybridized carbons (Fsp3) is 0.261. The van der Waals surface area contributed by atoms with Crippen LogP contribution < -0.4 is 5.32 Å². The Bertz CT molecular complexity index is 1080. The number of carboxylic acids is 1. The molecule has 1 aliphatic carbocycles. The second-order valence-corrected chi connectivity index (χ2v) is 8.20. The van der Waals surface area contributed by atoms with Crippen molar-refractivity contribution in [2.24, 2.45) is 0 Å². The van der Waals surface area contributed by atoms with Gasteiger partial charge in [0.15, 0.2) is 0 Å². The average molecular weight is 484 g/mol. The number of carbonyl (C=O) groups is 2. The van der Waals surface area contributed by atoms with Crippen molar-refractivity contribution in [1.29, 1.82) is 0 Å². The molecule has 1 amide bonds. The van der Waals surface area contributed by atoms with Gasteiger partial charge in [0.05, 0.1) is 10.2 Å². The molecule has 0 saturated heterocycles. The predicted octanol–water partition coefficient (Wildman–Crippen LogP) is 4.20. The first-order chi connectivity index (χ1) is 15.0. The minimum absolute atomic E-state index is 0.0487. The van der Waals surface area contributed by atoms with Crippen molar-refractivity contribution in [1.82, 2.24) is 15.1 Å². The van der Waals surface area contributed by atoms with Crippen molar-refractivity contribution in [3.8, 4) is 11.1 Å². The van der Waals surface area contributed by atoms with E-state index in [-0.39, 0.29) is 18.9 Å². The van der Waals surface area contributed by atoms with Gasteiger partial charge in [-0.3, -0.25) is 4.68 Å². The van der Waals surface area contributed by atoms with Crippen molar-refractivity contribution in [3.05, 3.63) is 76.0 Å². The Balaban J connectivity index is 1.43. The number of rotatable bonds is 7. The molecular weight excluding hydrogens is 462 g/mol. The third-order valence-electron chi connectivity index (χ3n) is 5.44. The minimum Gasteiger partial charge on any atom is -0.480 e. The number of hydrogen-bond acceptors (Lipinski definition) is 4. The summed E-state index contributed by atoms with van der Waals surface area (Å²) in [5.74, 6) is -1.23. The van der Waals surface area contributed by atoms with Crippen LogP contribution in [-0.2, 0) is 22.5 Å². The second-order valence-electron chi connectivity index (χ2n) is 7.34. The van der Waals surface area contributed by atoms with Crippen LogP contribution in [0.3, 0.4) is 0 Å². The van der Waals surface area contributed by atoms with E-state index in [9.17, 15) is 14.7 Å². The van der Waals surface area contributed by atoms with Crippen LogP contribution in [0.2, 0.25) is 0 Å². The number of halogens is 1. The van der Waals surface area contributed by atoms with Crippen molar-refractivity contribution in [3.63, 3.8) is 0 Å². The molecule has 0 radical (unpaired) electrons. The van der Waals surface area contributed by atoms with Gasteiger partial charge in [0.25, 0.3) is 0 Å². The molecule has 160 valence electrons.